The Morgan fingerprint density at radius 1 is 1.00 bits per heavy atom. The summed E-state index contributed by atoms with van der Waals surface area (Å²) in [6.07, 6.45) is -1.31. The highest BCUT2D eigenvalue weighted by Crippen LogP contribution is 2.25. The number of esters is 1. The lowest BCUT2D eigenvalue weighted by atomic mass is 10.1. The molecule has 1 atom stereocenters. The zero-order valence-corrected chi connectivity index (χ0v) is 14.6. The lowest BCUT2D eigenvalue weighted by molar-refractivity contribution is -0.129. The van der Waals surface area contributed by atoms with Crippen LogP contribution in [0.1, 0.15) is 22.0 Å². The number of amides is 3. The maximum atomic E-state index is 12.3. The van der Waals surface area contributed by atoms with Crippen molar-refractivity contribution in [1.82, 2.24) is 10.6 Å². The highest BCUT2D eigenvalue weighted by molar-refractivity contribution is 6.42. The van der Waals surface area contributed by atoms with Crippen molar-refractivity contribution in [2.24, 2.45) is 0 Å². The van der Waals surface area contributed by atoms with Crippen molar-refractivity contribution in [3.63, 3.8) is 0 Å². The van der Waals surface area contributed by atoms with Crippen LogP contribution < -0.4 is 10.6 Å². The van der Waals surface area contributed by atoms with E-state index in [1.165, 1.54) is 25.2 Å². The summed E-state index contributed by atoms with van der Waals surface area (Å²) in [5, 5.41) is 4.82. The maximum absolute atomic E-state index is 12.3. The summed E-state index contributed by atoms with van der Waals surface area (Å²) in [7, 11) is 1.36. The molecule has 2 aromatic carbocycles. The number of ether oxygens (including phenoxy) is 1. The fourth-order valence-electron chi connectivity index (χ4n) is 1.94. The highest BCUT2D eigenvalue weighted by Gasteiger charge is 2.27. The Hall–Kier alpha value is -2.57. The van der Waals surface area contributed by atoms with Crippen LogP contribution in [0.25, 0.3) is 0 Å². The fourth-order valence-corrected chi connectivity index (χ4v) is 2.24. The molecule has 0 radical (unpaired) electrons. The second kappa shape index (κ2) is 8.50. The van der Waals surface area contributed by atoms with Gasteiger partial charge in [-0.1, -0.05) is 53.5 Å². The van der Waals surface area contributed by atoms with Gasteiger partial charge in [0.05, 0.1) is 15.6 Å². The van der Waals surface area contributed by atoms with Crippen molar-refractivity contribution in [3.8, 4) is 0 Å². The van der Waals surface area contributed by atoms with Gasteiger partial charge in [0, 0.05) is 12.6 Å². The Labute approximate surface area is 154 Å². The van der Waals surface area contributed by atoms with Crippen molar-refractivity contribution in [2.75, 3.05) is 7.05 Å². The third-order valence-electron chi connectivity index (χ3n) is 3.18. The summed E-state index contributed by atoms with van der Waals surface area (Å²) in [5.74, 6) is -1.56. The zero-order chi connectivity index (χ0) is 18.4. The van der Waals surface area contributed by atoms with Gasteiger partial charge in [0.15, 0.2) is 0 Å². The van der Waals surface area contributed by atoms with Gasteiger partial charge in [-0.15, -0.1) is 0 Å². The number of benzene rings is 2. The molecule has 3 amide bonds. The third-order valence-corrected chi connectivity index (χ3v) is 3.92. The first kappa shape index (κ1) is 18.8. The molecule has 2 N–H and O–H groups in total. The molecule has 25 heavy (non-hydrogen) atoms. The van der Waals surface area contributed by atoms with E-state index in [1.54, 1.807) is 30.3 Å². The molecule has 0 unspecified atom stereocenters. The molecule has 0 fully saturated rings. The van der Waals surface area contributed by atoms with E-state index in [4.69, 9.17) is 27.9 Å². The van der Waals surface area contributed by atoms with Crippen LogP contribution in [0.15, 0.2) is 48.5 Å². The van der Waals surface area contributed by atoms with E-state index in [1.807, 2.05) is 0 Å². The Morgan fingerprint density at radius 3 is 2.28 bits per heavy atom. The summed E-state index contributed by atoms with van der Waals surface area (Å²) in [4.78, 5) is 36.0. The Kier molecular flexibility index (Phi) is 6.38. The molecule has 130 valence electrons. The van der Waals surface area contributed by atoms with Gasteiger partial charge in [-0.2, -0.15) is 0 Å². The van der Waals surface area contributed by atoms with Gasteiger partial charge in [-0.05, 0) is 18.2 Å². The Morgan fingerprint density at radius 2 is 1.68 bits per heavy atom. The van der Waals surface area contributed by atoms with Crippen LogP contribution in [0, 0.1) is 0 Å². The van der Waals surface area contributed by atoms with Gasteiger partial charge >= 0.3 is 12.0 Å². The van der Waals surface area contributed by atoms with E-state index in [2.05, 4.69) is 10.6 Å². The molecule has 0 bridgehead atoms. The monoisotopic (exact) mass is 380 g/mol. The van der Waals surface area contributed by atoms with Gasteiger partial charge < -0.3 is 10.1 Å². The van der Waals surface area contributed by atoms with Crippen LogP contribution in [-0.4, -0.2) is 25.0 Å². The zero-order valence-electron chi connectivity index (χ0n) is 13.1. The van der Waals surface area contributed by atoms with Crippen molar-refractivity contribution >= 4 is 41.1 Å². The number of carbonyl (C=O) groups is 3. The second-order valence-corrected chi connectivity index (χ2v) is 5.71. The van der Waals surface area contributed by atoms with Crippen molar-refractivity contribution in [2.45, 2.75) is 6.10 Å². The highest BCUT2D eigenvalue weighted by atomic mass is 35.5. The van der Waals surface area contributed by atoms with Gasteiger partial charge in [0.25, 0.3) is 5.91 Å². The van der Waals surface area contributed by atoms with Crippen molar-refractivity contribution in [1.29, 1.82) is 0 Å². The first-order chi connectivity index (χ1) is 11.9. The van der Waals surface area contributed by atoms with Crippen molar-refractivity contribution < 1.29 is 19.1 Å². The number of nitrogens with one attached hydrogen (secondary N) is 2. The fraction of sp³-hybridized carbons (Fsp3) is 0.118. The quantitative estimate of drug-likeness (QED) is 0.796. The predicted molar refractivity (Wildman–Crippen MR) is 93.7 cm³/mol. The number of halogens is 2. The van der Waals surface area contributed by atoms with Crippen molar-refractivity contribution in [3.05, 3.63) is 69.7 Å². The molecular formula is C17H14Cl2N2O4. The molecule has 0 spiro atoms. The van der Waals surface area contributed by atoms with Gasteiger partial charge in [0.1, 0.15) is 0 Å². The van der Waals surface area contributed by atoms with E-state index in [-0.39, 0.29) is 15.6 Å². The number of hydrogen-bond donors (Lipinski definition) is 2. The van der Waals surface area contributed by atoms with Crippen LogP contribution in [0.5, 0.6) is 0 Å². The molecule has 0 aliphatic carbocycles. The van der Waals surface area contributed by atoms with E-state index >= 15 is 0 Å². The van der Waals surface area contributed by atoms with Crippen LogP contribution >= 0.6 is 23.2 Å². The molecule has 8 heteroatoms. The molecule has 0 heterocycles. The summed E-state index contributed by atoms with van der Waals surface area (Å²) >= 11 is 11.7. The summed E-state index contributed by atoms with van der Waals surface area (Å²) in [6, 6.07) is 11.8. The summed E-state index contributed by atoms with van der Waals surface area (Å²) in [5.41, 5.74) is 0.542. The molecule has 0 saturated carbocycles. The molecule has 6 nitrogen and oxygen atoms in total. The van der Waals surface area contributed by atoms with Crippen LogP contribution in [0.3, 0.4) is 0 Å². The predicted octanol–water partition coefficient (Wildman–Crippen LogP) is 3.35. The average molecular weight is 381 g/mol. The first-order valence-electron chi connectivity index (χ1n) is 7.16. The van der Waals surface area contributed by atoms with Gasteiger partial charge in [-0.25, -0.2) is 9.59 Å². The van der Waals surface area contributed by atoms with Gasteiger partial charge in [-0.3, -0.25) is 10.1 Å². The lowest BCUT2D eigenvalue weighted by Crippen LogP contribution is -2.41. The number of urea groups is 1. The Balaban J connectivity index is 2.26. The lowest BCUT2D eigenvalue weighted by Gasteiger charge is -2.17. The maximum Gasteiger partial charge on any atom is 0.339 e. The van der Waals surface area contributed by atoms with E-state index in [0.717, 1.165) is 0 Å². The molecule has 0 saturated heterocycles. The van der Waals surface area contributed by atoms with Crippen LogP contribution in [0.4, 0.5) is 4.79 Å². The standard InChI is InChI=1S/C17H14Cl2N2O4/c1-20-17(24)21-15(22)14(10-5-3-2-4-6-10)25-16(23)11-7-8-12(18)13(19)9-11/h2-9,14H,1H3,(H2,20,21,22,24)/t14-/m1/s1. The summed E-state index contributed by atoms with van der Waals surface area (Å²) in [6.45, 7) is 0. The van der Waals surface area contributed by atoms with E-state index in [9.17, 15) is 14.4 Å². The van der Waals surface area contributed by atoms with Gasteiger partial charge in [0.2, 0.25) is 6.10 Å². The second-order valence-electron chi connectivity index (χ2n) is 4.89. The largest absolute Gasteiger partial charge is 0.444 e. The third kappa shape index (κ3) is 4.95. The SMILES string of the molecule is CNC(=O)NC(=O)[C@H](OC(=O)c1ccc(Cl)c(Cl)c1)c1ccccc1. The van der Waals surface area contributed by atoms with Crippen LogP contribution in [0.2, 0.25) is 10.0 Å². The van der Waals surface area contributed by atoms with Crippen LogP contribution in [-0.2, 0) is 9.53 Å². The molecule has 0 aliphatic rings. The van der Waals surface area contributed by atoms with E-state index in [0.29, 0.717) is 5.56 Å². The molecule has 0 aromatic heterocycles. The average Bonchev–Trinajstić information content (AvgIpc) is 2.62. The number of carbonyl (C=O) groups excluding carboxylic acids is 3. The number of rotatable bonds is 4. The topological polar surface area (TPSA) is 84.5 Å². The number of imide groups is 1. The minimum atomic E-state index is -1.31. The minimum Gasteiger partial charge on any atom is -0.444 e. The number of hydrogen-bond acceptors (Lipinski definition) is 4. The molecule has 2 aromatic rings. The Bertz CT molecular complexity index is 796. The minimum absolute atomic E-state index is 0.128. The van der Waals surface area contributed by atoms with E-state index < -0.39 is 24.0 Å². The summed E-state index contributed by atoms with van der Waals surface area (Å²) < 4.78 is 5.29. The molecular weight excluding hydrogens is 367 g/mol. The molecule has 0 aliphatic heterocycles. The normalized spacial score (nSPS) is 11.3. The first-order valence-corrected chi connectivity index (χ1v) is 7.91. The molecule has 2 rings (SSSR count). The smallest absolute Gasteiger partial charge is 0.339 e.